The molecule has 2 amide bonds. The molecule has 4 rings (SSSR count). The first kappa shape index (κ1) is 22.6. The van der Waals surface area contributed by atoms with Gasteiger partial charge in [0.1, 0.15) is 5.75 Å². The Bertz CT molecular complexity index is 1300. The summed E-state index contributed by atoms with van der Waals surface area (Å²) in [6, 6.07) is 16.7. The maximum absolute atomic E-state index is 13.1. The number of carbonyl (C=O) groups is 3. The Kier molecular flexibility index (Phi) is 6.49. The summed E-state index contributed by atoms with van der Waals surface area (Å²) in [5.74, 6) is -0.627. The molecule has 2 N–H and O–H groups in total. The first-order valence-electron chi connectivity index (χ1n) is 9.93. The van der Waals surface area contributed by atoms with Gasteiger partial charge in [0.05, 0.1) is 28.4 Å². The van der Waals surface area contributed by atoms with Gasteiger partial charge < -0.3 is 15.4 Å². The normalized spacial score (nSPS) is 14.0. The fraction of sp³-hybridized carbons (Fsp3) is 0.0800. The van der Waals surface area contributed by atoms with E-state index in [1.807, 2.05) is 24.3 Å². The number of carbonyl (C=O) groups excluding carboxylic acids is 3. The van der Waals surface area contributed by atoms with Crippen molar-refractivity contribution in [3.63, 3.8) is 0 Å². The van der Waals surface area contributed by atoms with Crippen LogP contribution in [0.3, 0.4) is 0 Å². The highest BCUT2D eigenvalue weighted by molar-refractivity contribution is 6.42. The number of Topliss-reactive ketones (excluding diaryl/α,β-unsaturated/α-hetero) is 1. The number of ether oxygens (including phenoxy) is 1. The third kappa shape index (κ3) is 4.92. The minimum atomic E-state index is -0.532. The van der Waals surface area contributed by atoms with E-state index in [2.05, 4.69) is 10.6 Å². The molecule has 0 aromatic heterocycles. The van der Waals surface area contributed by atoms with Crippen molar-refractivity contribution in [2.75, 3.05) is 12.4 Å². The largest absolute Gasteiger partial charge is 0.497 e. The second-order valence-corrected chi connectivity index (χ2v) is 8.12. The number of benzene rings is 3. The molecule has 0 unspecified atom stereocenters. The van der Waals surface area contributed by atoms with Crippen LogP contribution in [0.5, 0.6) is 5.75 Å². The van der Waals surface area contributed by atoms with Crippen molar-refractivity contribution in [2.45, 2.75) is 6.54 Å². The van der Waals surface area contributed by atoms with Crippen molar-refractivity contribution in [3.8, 4) is 5.75 Å². The average molecular weight is 481 g/mol. The van der Waals surface area contributed by atoms with E-state index >= 15 is 0 Å². The van der Waals surface area contributed by atoms with E-state index in [0.29, 0.717) is 33.4 Å². The summed E-state index contributed by atoms with van der Waals surface area (Å²) in [5.41, 5.74) is 2.29. The van der Waals surface area contributed by atoms with Crippen molar-refractivity contribution in [1.82, 2.24) is 5.32 Å². The van der Waals surface area contributed by atoms with Crippen molar-refractivity contribution in [3.05, 3.63) is 98.5 Å². The summed E-state index contributed by atoms with van der Waals surface area (Å²) in [7, 11) is 1.59. The minimum Gasteiger partial charge on any atom is -0.497 e. The molecule has 0 radical (unpaired) electrons. The molecule has 1 aliphatic heterocycles. The predicted molar refractivity (Wildman–Crippen MR) is 128 cm³/mol. The number of rotatable bonds is 5. The van der Waals surface area contributed by atoms with Crippen LogP contribution < -0.4 is 15.4 Å². The Morgan fingerprint density at radius 3 is 2.45 bits per heavy atom. The molecular weight excluding hydrogens is 463 g/mol. The molecule has 166 valence electrons. The van der Waals surface area contributed by atoms with Crippen molar-refractivity contribution in [2.24, 2.45) is 0 Å². The summed E-state index contributed by atoms with van der Waals surface area (Å²) < 4.78 is 5.13. The predicted octanol–water partition coefficient (Wildman–Crippen LogP) is 5.15. The van der Waals surface area contributed by atoms with Crippen LogP contribution in [0.4, 0.5) is 5.69 Å². The molecule has 0 bridgehead atoms. The quantitative estimate of drug-likeness (QED) is 0.390. The van der Waals surface area contributed by atoms with Gasteiger partial charge in [-0.3, -0.25) is 14.4 Å². The zero-order chi connectivity index (χ0) is 23.5. The lowest BCUT2D eigenvalue weighted by atomic mass is 9.93. The van der Waals surface area contributed by atoms with Gasteiger partial charge in [-0.2, -0.15) is 0 Å². The molecule has 8 heteroatoms. The molecule has 0 saturated heterocycles. The van der Waals surface area contributed by atoms with Gasteiger partial charge in [-0.15, -0.1) is 0 Å². The number of halogens is 2. The van der Waals surface area contributed by atoms with Crippen LogP contribution in [-0.4, -0.2) is 24.7 Å². The highest BCUT2D eigenvalue weighted by atomic mass is 35.5. The van der Waals surface area contributed by atoms with Crippen LogP contribution in [0.15, 0.2) is 66.2 Å². The molecule has 0 atom stereocenters. The Morgan fingerprint density at radius 1 is 1.00 bits per heavy atom. The van der Waals surface area contributed by atoms with Crippen LogP contribution >= 0.6 is 23.2 Å². The van der Waals surface area contributed by atoms with Crippen LogP contribution in [0.25, 0.3) is 6.08 Å². The van der Waals surface area contributed by atoms with E-state index in [9.17, 15) is 14.4 Å². The topological polar surface area (TPSA) is 84.5 Å². The molecular formula is C25H18Cl2N2O4. The number of amides is 2. The summed E-state index contributed by atoms with van der Waals surface area (Å²) >= 11 is 12.0. The monoisotopic (exact) mass is 480 g/mol. The molecule has 0 fully saturated rings. The molecule has 3 aromatic carbocycles. The zero-order valence-corrected chi connectivity index (χ0v) is 19.0. The molecule has 33 heavy (non-hydrogen) atoms. The molecule has 0 saturated carbocycles. The summed E-state index contributed by atoms with van der Waals surface area (Å²) in [4.78, 5) is 38.2. The fourth-order valence-electron chi connectivity index (χ4n) is 3.35. The number of fused-ring (bicyclic) bond motifs is 1. The molecule has 1 heterocycles. The smallest absolute Gasteiger partial charge is 0.259 e. The van der Waals surface area contributed by atoms with Gasteiger partial charge in [0.2, 0.25) is 5.78 Å². The van der Waals surface area contributed by atoms with E-state index < -0.39 is 11.7 Å². The minimum absolute atomic E-state index is 0.0586. The SMILES string of the molecule is COc1ccc(CNC(=O)c2ccc3c(c2)C(=O)/C(=C/c2ccc(Cl)c(Cl)c2)C(=O)N3)cc1. The summed E-state index contributed by atoms with van der Waals surface area (Å²) in [6.45, 7) is 0.313. The van der Waals surface area contributed by atoms with Gasteiger partial charge >= 0.3 is 0 Å². The lowest BCUT2D eigenvalue weighted by Gasteiger charge is -2.19. The fourth-order valence-corrected chi connectivity index (χ4v) is 3.65. The van der Waals surface area contributed by atoms with Crippen LogP contribution in [0.2, 0.25) is 10.0 Å². The maximum Gasteiger partial charge on any atom is 0.259 e. The number of hydrogen-bond acceptors (Lipinski definition) is 4. The Labute approximate surface area is 200 Å². The van der Waals surface area contributed by atoms with Gasteiger partial charge in [0.25, 0.3) is 11.8 Å². The number of hydrogen-bond donors (Lipinski definition) is 2. The third-order valence-electron chi connectivity index (χ3n) is 5.13. The Hall–Kier alpha value is -3.61. The number of ketones is 1. The van der Waals surface area contributed by atoms with Crippen LogP contribution in [0, 0.1) is 0 Å². The van der Waals surface area contributed by atoms with E-state index in [1.54, 1.807) is 37.4 Å². The highest BCUT2D eigenvalue weighted by Crippen LogP contribution is 2.29. The lowest BCUT2D eigenvalue weighted by Crippen LogP contribution is -2.28. The van der Waals surface area contributed by atoms with Crippen LogP contribution in [0.1, 0.15) is 31.8 Å². The number of anilines is 1. The van der Waals surface area contributed by atoms with E-state index in [0.717, 1.165) is 11.3 Å². The second kappa shape index (κ2) is 9.48. The van der Waals surface area contributed by atoms with Gasteiger partial charge in [-0.25, -0.2) is 0 Å². The summed E-state index contributed by atoms with van der Waals surface area (Å²) in [6.07, 6.45) is 1.44. The van der Waals surface area contributed by atoms with Gasteiger partial charge in [0, 0.05) is 17.7 Å². The standard InChI is InChI=1S/C25H18Cl2N2O4/c1-33-17-6-2-14(3-7-17)13-28-24(31)16-5-9-22-18(12-16)23(30)19(25(32)29-22)10-15-4-8-20(26)21(27)11-15/h2-12H,13H2,1H3,(H,28,31)(H,29,32)/b19-10-. The van der Waals surface area contributed by atoms with Crippen molar-refractivity contribution >= 4 is 52.6 Å². The number of methoxy groups -OCH3 is 1. The van der Waals surface area contributed by atoms with E-state index in [-0.39, 0.29) is 17.0 Å². The molecule has 0 aliphatic carbocycles. The molecule has 6 nitrogen and oxygen atoms in total. The highest BCUT2D eigenvalue weighted by Gasteiger charge is 2.29. The van der Waals surface area contributed by atoms with Gasteiger partial charge in [-0.1, -0.05) is 41.4 Å². The number of nitrogens with one attached hydrogen (secondary N) is 2. The van der Waals surface area contributed by atoms with Gasteiger partial charge in [0.15, 0.2) is 0 Å². The van der Waals surface area contributed by atoms with Crippen molar-refractivity contribution in [1.29, 1.82) is 0 Å². The molecule has 0 spiro atoms. The lowest BCUT2D eigenvalue weighted by molar-refractivity contribution is -0.112. The maximum atomic E-state index is 13.1. The molecule has 1 aliphatic rings. The van der Waals surface area contributed by atoms with Gasteiger partial charge in [-0.05, 0) is 59.7 Å². The van der Waals surface area contributed by atoms with Crippen molar-refractivity contribution < 1.29 is 19.1 Å². The second-order valence-electron chi connectivity index (χ2n) is 7.31. The third-order valence-corrected chi connectivity index (χ3v) is 5.87. The average Bonchev–Trinajstić information content (AvgIpc) is 2.82. The Morgan fingerprint density at radius 2 is 1.76 bits per heavy atom. The molecule has 3 aromatic rings. The first-order chi connectivity index (χ1) is 15.9. The zero-order valence-electron chi connectivity index (χ0n) is 17.4. The Balaban J connectivity index is 1.55. The van der Waals surface area contributed by atoms with E-state index in [1.165, 1.54) is 12.1 Å². The van der Waals surface area contributed by atoms with Crippen LogP contribution in [-0.2, 0) is 11.3 Å². The summed E-state index contributed by atoms with van der Waals surface area (Å²) in [5, 5.41) is 6.20. The van der Waals surface area contributed by atoms with E-state index in [4.69, 9.17) is 27.9 Å². The first-order valence-corrected chi connectivity index (χ1v) is 10.7.